The van der Waals surface area contributed by atoms with Gasteiger partial charge >= 0.3 is 11.9 Å². The number of phenolic OH excluding ortho intramolecular Hbond substituents is 1. The summed E-state index contributed by atoms with van der Waals surface area (Å²) in [5.41, 5.74) is 1.84. The summed E-state index contributed by atoms with van der Waals surface area (Å²) in [6, 6.07) is 14.2. The number of aliphatic hydroxyl groups is 1. The van der Waals surface area contributed by atoms with Crippen LogP contribution in [0.5, 0.6) is 11.5 Å². The number of hydrogen-bond donors (Lipinski definition) is 4. The van der Waals surface area contributed by atoms with E-state index in [9.17, 15) is 29.7 Å². The Bertz CT molecular complexity index is 1730. The van der Waals surface area contributed by atoms with E-state index < -0.39 is 23.7 Å². The molecule has 10 heteroatoms. The molecule has 4 N–H and O–H groups in total. The third kappa shape index (κ3) is 4.88. The maximum absolute atomic E-state index is 13.6. The van der Waals surface area contributed by atoms with Gasteiger partial charge < -0.3 is 25.0 Å². The Morgan fingerprint density at radius 3 is 2.32 bits per heavy atom. The summed E-state index contributed by atoms with van der Waals surface area (Å²) in [6.07, 6.45) is 0. The van der Waals surface area contributed by atoms with E-state index in [1.807, 2.05) is 27.7 Å². The van der Waals surface area contributed by atoms with Crippen LogP contribution in [0.2, 0.25) is 0 Å². The summed E-state index contributed by atoms with van der Waals surface area (Å²) in [6.45, 7) is 8.33. The van der Waals surface area contributed by atoms with Crippen LogP contribution < -0.4 is 9.64 Å². The average molecular weight is 556 g/mol. The molecule has 3 aromatic carbocycles. The van der Waals surface area contributed by atoms with E-state index in [0.717, 1.165) is 10.5 Å². The molecule has 0 aliphatic carbocycles. The molecule has 0 bridgehead atoms. The number of carboxylic acids is 1. The lowest BCUT2D eigenvalue weighted by Gasteiger charge is -2.25. The van der Waals surface area contributed by atoms with Crippen LogP contribution in [0.15, 0.2) is 66.2 Å². The number of aliphatic hydroxyl groups excluding tert-OH is 1. The van der Waals surface area contributed by atoms with Gasteiger partial charge in [0.05, 0.1) is 34.8 Å². The Kier molecular flexibility index (Phi) is 6.78. The van der Waals surface area contributed by atoms with Gasteiger partial charge in [-0.1, -0.05) is 32.9 Å². The molecule has 1 fully saturated rings. The summed E-state index contributed by atoms with van der Waals surface area (Å²) in [5.74, 6) is -2.71. The van der Waals surface area contributed by atoms with Crippen LogP contribution in [-0.4, -0.2) is 49.6 Å². The number of carbonyl (C=O) groups is 3. The molecule has 10 nitrogen and oxygen atoms in total. The van der Waals surface area contributed by atoms with E-state index in [4.69, 9.17) is 4.74 Å². The van der Waals surface area contributed by atoms with Gasteiger partial charge in [0.2, 0.25) is 5.95 Å². The first-order valence-corrected chi connectivity index (χ1v) is 13.0. The minimum Gasteiger partial charge on any atom is -0.508 e. The van der Waals surface area contributed by atoms with Gasteiger partial charge in [-0.3, -0.25) is 14.5 Å². The van der Waals surface area contributed by atoms with Crippen LogP contribution in [0.4, 0.5) is 5.95 Å². The molecule has 1 amide bonds. The van der Waals surface area contributed by atoms with Crippen molar-refractivity contribution in [2.24, 2.45) is 0 Å². The van der Waals surface area contributed by atoms with Gasteiger partial charge in [0.1, 0.15) is 17.3 Å². The summed E-state index contributed by atoms with van der Waals surface area (Å²) in [5, 5.41) is 30.9. The van der Waals surface area contributed by atoms with Gasteiger partial charge in [-0.05, 0) is 66.4 Å². The highest BCUT2D eigenvalue weighted by Crippen LogP contribution is 2.43. The summed E-state index contributed by atoms with van der Waals surface area (Å²) in [7, 11) is 0. The van der Waals surface area contributed by atoms with E-state index in [1.54, 1.807) is 30.3 Å². The predicted octanol–water partition coefficient (Wildman–Crippen LogP) is 5.29. The molecule has 1 aliphatic rings. The molecule has 0 radical (unpaired) electrons. The number of Topliss-reactive ketones (excluding diaryl/α,β-unsaturated/α-hetero) is 1. The molecule has 210 valence electrons. The smallest absolute Gasteiger partial charge is 0.335 e. The fourth-order valence-electron chi connectivity index (χ4n) is 4.97. The van der Waals surface area contributed by atoms with Crippen molar-refractivity contribution in [3.05, 3.63) is 88.5 Å². The lowest BCUT2D eigenvalue weighted by atomic mass is 9.84. The number of carboxylic acid groups (broad SMARTS) is 1. The molecule has 2 heterocycles. The minimum atomic E-state index is -1.13. The van der Waals surface area contributed by atoms with Gasteiger partial charge in [-0.15, -0.1) is 0 Å². The second kappa shape index (κ2) is 10.1. The quantitative estimate of drug-likeness (QED) is 0.142. The monoisotopic (exact) mass is 555 g/mol. The van der Waals surface area contributed by atoms with Crippen molar-refractivity contribution in [1.82, 2.24) is 9.97 Å². The van der Waals surface area contributed by atoms with E-state index in [2.05, 4.69) is 9.97 Å². The number of hydrogen-bond acceptors (Lipinski definition) is 7. The van der Waals surface area contributed by atoms with Crippen molar-refractivity contribution in [3.63, 3.8) is 0 Å². The molecule has 0 spiro atoms. The first-order valence-electron chi connectivity index (χ1n) is 13.0. The van der Waals surface area contributed by atoms with Gasteiger partial charge in [0, 0.05) is 11.1 Å². The molecular formula is C31H29N3O7. The highest BCUT2D eigenvalue weighted by atomic mass is 16.5. The van der Waals surface area contributed by atoms with Crippen LogP contribution >= 0.6 is 0 Å². The lowest BCUT2D eigenvalue weighted by molar-refractivity contribution is -0.132. The van der Waals surface area contributed by atoms with Crippen molar-refractivity contribution in [3.8, 4) is 11.5 Å². The molecule has 4 aromatic rings. The molecule has 41 heavy (non-hydrogen) atoms. The number of nitrogens with one attached hydrogen (secondary N) is 1. The molecule has 1 atom stereocenters. The number of aromatic carboxylic acids is 1. The van der Waals surface area contributed by atoms with Crippen LogP contribution in [-0.2, 0) is 15.0 Å². The highest BCUT2D eigenvalue weighted by molar-refractivity contribution is 6.51. The number of H-pyrrole nitrogens is 1. The molecule has 1 aliphatic heterocycles. The Morgan fingerprint density at radius 2 is 1.68 bits per heavy atom. The number of aromatic nitrogens is 2. The molecule has 5 rings (SSSR count). The lowest BCUT2D eigenvalue weighted by Crippen LogP contribution is -2.30. The standard InChI is InChI=1S/C31H29N3O7/c1-5-41-23-13-9-17(14-20(23)31(2,3)4)26(36)24-25(16-6-10-19(35)11-7-16)34(28(38)27(24)37)30-32-21-12-8-18(29(39)40)15-22(21)33-30/h6-15,25,35-36H,5H2,1-4H3,(H,32,33)(H,39,40)/b26-24+. The molecule has 1 unspecified atom stereocenters. The zero-order chi connectivity index (χ0) is 29.6. The zero-order valence-corrected chi connectivity index (χ0v) is 22.9. The number of anilines is 1. The summed E-state index contributed by atoms with van der Waals surface area (Å²) in [4.78, 5) is 47.1. The number of carbonyl (C=O) groups excluding carboxylic acids is 2. The minimum absolute atomic E-state index is 0.00355. The average Bonchev–Trinajstić information content (AvgIpc) is 3.46. The molecule has 1 aromatic heterocycles. The predicted molar refractivity (Wildman–Crippen MR) is 152 cm³/mol. The number of benzene rings is 3. The Hall–Kier alpha value is -5.12. The third-order valence-corrected chi connectivity index (χ3v) is 6.96. The van der Waals surface area contributed by atoms with Crippen molar-refractivity contribution in [2.75, 3.05) is 11.5 Å². The van der Waals surface area contributed by atoms with Crippen molar-refractivity contribution in [2.45, 2.75) is 39.2 Å². The van der Waals surface area contributed by atoms with Crippen LogP contribution in [0.3, 0.4) is 0 Å². The van der Waals surface area contributed by atoms with Gasteiger partial charge in [-0.25, -0.2) is 9.78 Å². The first-order chi connectivity index (χ1) is 19.4. The highest BCUT2D eigenvalue weighted by Gasteiger charge is 2.48. The van der Waals surface area contributed by atoms with E-state index in [0.29, 0.717) is 34.5 Å². The van der Waals surface area contributed by atoms with Crippen molar-refractivity contribution < 1.29 is 34.4 Å². The summed E-state index contributed by atoms with van der Waals surface area (Å²) >= 11 is 0. The van der Waals surface area contributed by atoms with Crippen LogP contribution in [0.1, 0.15) is 60.8 Å². The SMILES string of the molecule is CCOc1ccc(/C(O)=C2\C(=O)C(=O)N(c3nc4ccc(C(=O)O)cc4[nH]3)C2c2ccc(O)cc2)cc1C(C)(C)C. The normalized spacial score (nSPS) is 16.9. The Morgan fingerprint density at radius 1 is 1.00 bits per heavy atom. The summed E-state index contributed by atoms with van der Waals surface area (Å²) < 4.78 is 5.79. The number of rotatable bonds is 6. The Balaban J connectivity index is 1.71. The maximum atomic E-state index is 13.6. The zero-order valence-electron chi connectivity index (χ0n) is 22.9. The fraction of sp³-hybridized carbons (Fsp3) is 0.226. The maximum Gasteiger partial charge on any atom is 0.335 e. The van der Waals surface area contributed by atoms with Crippen molar-refractivity contribution >= 4 is 40.4 Å². The second-order valence-electron chi connectivity index (χ2n) is 10.8. The number of phenols is 1. The number of aromatic amines is 1. The van der Waals surface area contributed by atoms with Gasteiger partial charge in [-0.2, -0.15) is 0 Å². The first kappa shape index (κ1) is 27.4. The van der Waals surface area contributed by atoms with E-state index in [-0.39, 0.29) is 34.0 Å². The topological polar surface area (TPSA) is 153 Å². The van der Waals surface area contributed by atoms with Crippen LogP contribution in [0.25, 0.3) is 16.8 Å². The number of imidazole rings is 1. The van der Waals surface area contributed by atoms with Gasteiger partial charge in [0.15, 0.2) is 0 Å². The van der Waals surface area contributed by atoms with E-state index >= 15 is 0 Å². The van der Waals surface area contributed by atoms with Crippen LogP contribution in [0, 0.1) is 0 Å². The van der Waals surface area contributed by atoms with Crippen molar-refractivity contribution in [1.29, 1.82) is 0 Å². The largest absolute Gasteiger partial charge is 0.508 e. The van der Waals surface area contributed by atoms with Gasteiger partial charge in [0.25, 0.3) is 5.78 Å². The number of amides is 1. The number of ketones is 1. The number of nitrogens with zero attached hydrogens (tertiary/aromatic N) is 2. The molecule has 0 saturated carbocycles. The number of aromatic hydroxyl groups is 1. The number of fused-ring (bicyclic) bond motifs is 1. The molecular weight excluding hydrogens is 526 g/mol. The third-order valence-electron chi connectivity index (χ3n) is 6.96. The second-order valence-corrected chi connectivity index (χ2v) is 10.8. The Labute approximate surface area is 235 Å². The fourth-order valence-corrected chi connectivity index (χ4v) is 4.97. The molecule has 1 saturated heterocycles. The van der Waals surface area contributed by atoms with E-state index in [1.165, 1.54) is 30.3 Å². The number of ether oxygens (including phenoxy) is 1.